The van der Waals surface area contributed by atoms with Gasteiger partial charge >= 0.3 is 0 Å². The molecule has 2 atom stereocenters. The Kier molecular flexibility index (Phi) is 9.30. The van der Waals surface area contributed by atoms with Crippen LogP contribution in [0.3, 0.4) is 0 Å². The third-order valence-electron chi connectivity index (χ3n) is 7.68. The van der Waals surface area contributed by atoms with Crippen LogP contribution in [0.2, 0.25) is 0 Å². The lowest BCUT2D eigenvalue weighted by Gasteiger charge is -2.28. The minimum Gasteiger partial charge on any atom is -0.507 e. The summed E-state index contributed by atoms with van der Waals surface area (Å²) in [6.45, 7) is 17.2. The number of Topliss-reactive ketones (excluding diaryl/α,β-unsaturated/α-hetero) is 1. The first-order valence-electron chi connectivity index (χ1n) is 14.1. The predicted molar refractivity (Wildman–Crippen MR) is 161 cm³/mol. The van der Waals surface area contributed by atoms with Crippen molar-refractivity contribution in [2.24, 2.45) is 16.8 Å². The molecule has 212 valence electrons. The molecule has 0 radical (unpaired) electrons. The Morgan fingerprint density at radius 1 is 1.03 bits per heavy atom. The van der Waals surface area contributed by atoms with Gasteiger partial charge in [0, 0.05) is 48.8 Å². The molecule has 0 bridgehead atoms. The fourth-order valence-electron chi connectivity index (χ4n) is 5.71. The summed E-state index contributed by atoms with van der Waals surface area (Å²) in [4.78, 5) is 32.0. The number of carbonyl (C=O) groups excluding carboxylic acids is 2. The molecular formula is C33H47N3O3. The molecule has 3 rings (SSSR count). The highest BCUT2D eigenvalue weighted by Crippen LogP contribution is 2.40. The molecular weight excluding hydrogens is 486 g/mol. The molecule has 2 N–H and O–H groups in total. The zero-order chi connectivity index (χ0) is 29.1. The number of benzene rings is 2. The van der Waals surface area contributed by atoms with Crippen molar-refractivity contribution < 1.29 is 14.7 Å². The highest BCUT2D eigenvalue weighted by atomic mass is 16.3. The number of likely N-dealkylation sites (tertiary alicyclic amines) is 1. The molecule has 1 saturated heterocycles. The largest absolute Gasteiger partial charge is 0.507 e. The van der Waals surface area contributed by atoms with Gasteiger partial charge in [-0.3, -0.25) is 14.6 Å². The van der Waals surface area contributed by atoms with Gasteiger partial charge in [-0.25, -0.2) is 0 Å². The van der Waals surface area contributed by atoms with Crippen molar-refractivity contribution in [3.8, 4) is 5.75 Å². The van der Waals surface area contributed by atoms with E-state index >= 15 is 0 Å². The van der Waals surface area contributed by atoms with Crippen LogP contribution in [0.15, 0.2) is 41.4 Å². The quantitative estimate of drug-likeness (QED) is 0.368. The standard InChI is InChI=1S/C33H47N3O3/c1-10-11-23-19-36(31(34-9)26(23)16-22-12-14-25(15-13-22)35-21(2)37)20-29(38)24-17-27(32(3,4)5)30(39)28(18-24)33(6,7)8/h12-15,17-18,23,26,39H,10-11,16,19-20H2,1-9H3,(H,35,37)/b34-31-/t23-,26+/m0/s1. The van der Waals surface area contributed by atoms with Crippen molar-refractivity contribution in [2.45, 2.75) is 85.5 Å². The number of hydrogen-bond donors (Lipinski definition) is 2. The lowest BCUT2D eigenvalue weighted by atomic mass is 9.78. The molecule has 0 spiro atoms. The second-order valence-corrected chi connectivity index (χ2v) is 13.0. The summed E-state index contributed by atoms with van der Waals surface area (Å²) in [5.41, 5.74) is 3.63. The lowest BCUT2D eigenvalue weighted by Crippen LogP contribution is -2.33. The van der Waals surface area contributed by atoms with Gasteiger partial charge in [0.2, 0.25) is 5.91 Å². The number of anilines is 1. The van der Waals surface area contributed by atoms with E-state index in [1.165, 1.54) is 12.5 Å². The Bertz CT molecular complexity index is 1180. The van der Waals surface area contributed by atoms with Crippen molar-refractivity contribution in [2.75, 3.05) is 25.5 Å². The molecule has 1 heterocycles. The average molecular weight is 534 g/mol. The Labute approximate surface area is 234 Å². The van der Waals surface area contributed by atoms with Gasteiger partial charge < -0.3 is 15.3 Å². The molecule has 2 aromatic rings. The Hall–Kier alpha value is -3.15. The summed E-state index contributed by atoms with van der Waals surface area (Å²) in [6, 6.07) is 11.8. The summed E-state index contributed by atoms with van der Waals surface area (Å²) < 4.78 is 0. The zero-order valence-electron chi connectivity index (χ0n) is 25.3. The molecule has 1 aliphatic heterocycles. The smallest absolute Gasteiger partial charge is 0.221 e. The molecule has 1 amide bonds. The lowest BCUT2D eigenvalue weighted by molar-refractivity contribution is -0.114. The molecule has 2 aromatic carbocycles. The van der Waals surface area contributed by atoms with Crippen LogP contribution in [0.5, 0.6) is 5.75 Å². The van der Waals surface area contributed by atoms with Gasteiger partial charge in [0.1, 0.15) is 11.6 Å². The number of carbonyl (C=O) groups is 2. The number of rotatable bonds is 8. The predicted octanol–water partition coefficient (Wildman–Crippen LogP) is 6.75. The first-order chi connectivity index (χ1) is 18.1. The molecule has 0 unspecified atom stereocenters. The number of phenolic OH excluding ortho intramolecular Hbond substituents is 1. The van der Waals surface area contributed by atoms with Crippen LogP contribution in [0.25, 0.3) is 0 Å². The maximum Gasteiger partial charge on any atom is 0.221 e. The van der Waals surface area contributed by atoms with Gasteiger partial charge in [-0.15, -0.1) is 0 Å². The highest BCUT2D eigenvalue weighted by Gasteiger charge is 2.38. The van der Waals surface area contributed by atoms with Crippen LogP contribution in [0.1, 0.15) is 95.3 Å². The van der Waals surface area contributed by atoms with Crippen LogP contribution in [-0.2, 0) is 22.0 Å². The third-order valence-corrected chi connectivity index (χ3v) is 7.68. The Balaban J connectivity index is 1.88. The molecule has 0 saturated carbocycles. The monoisotopic (exact) mass is 533 g/mol. The summed E-state index contributed by atoms with van der Waals surface area (Å²) in [7, 11) is 1.82. The van der Waals surface area contributed by atoms with E-state index in [1.54, 1.807) is 0 Å². The van der Waals surface area contributed by atoms with Gasteiger partial charge in [0.05, 0.1) is 6.54 Å². The average Bonchev–Trinajstić information content (AvgIpc) is 3.14. The maximum absolute atomic E-state index is 13.8. The Morgan fingerprint density at radius 2 is 1.59 bits per heavy atom. The molecule has 0 aliphatic carbocycles. The maximum atomic E-state index is 13.8. The Morgan fingerprint density at radius 3 is 2.05 bits per heavy atom. The summed E-state index contributed by atoms with van der Waals surface area (Å²) >= 11 is 0. The number of phenols is 1. The molecule has 0 aromatic heterocycles. The van der Waals surface area contributed by atoms with E-state index < -0.39 is 0 Å². The second-order valence-electron chi connectivity index (χ2n) is 13.0. The number of aliphatic imine (C=N–C) groups is 1. The van der Waals surface area contributed by atoms with Crippen LogP contribution >= 0.6 is 0 Å². The molecule has 6 nitrogen and oxygen atoms in total. The number of nitrogens with one attached hydrogen (secondary N) is 1. The third kappa shape index (κ3) is 7.28. The zero-order valence-corrected chi connectivity index (χ0v) is 25.3. The van der Waals surface area contributed by atoms with Crippen LogP contribution in [0, 0.1) is 11.8 Å². The van der Waals surface area contributed by atoms with E-state index in [0.29, 0.717) is 11.5 Å². The van der Waals surface area contributed by atoms with Crippen molar-refractivity contribution >= 4 is 23.2 Å². The normalized spacial score (nSPS) is 19.0. The van der Waals surface area contributed by atoms with Gasteiger partial charge in [-0.2, -0.15) is 0 Å². The number of aromatic hydroxyl groups is 1. The minimum atomic E-state index is -0.295. The fourth-order valence-corrected chi connectivity index (χ4v) is 5.71. The number of amidine groups is 1. The van der Waals surface area contributed by atoms with E-state index in [4.69, 9.17) is 4.99 Å². The first-order valence-corrected chi connectivity index (χ1v) is 14.1. The molecule has 1 fully saturated rings. The molecule has 6 heteroatoms. The molecule has 1 aliphatic rings. The SMILES string of the molecule is CCC[C@H]1CN(CC(=O)c2cc(C(C)(C)C)c(O)c(C(C)(C)C)c2)/C(=N\C)[C@@H]1Cc1ccc(NC(C)=O)cc1. The molecule has 39 heavy (non-hydrogen) atoms. The van der Waals surface area contributed by atoms with Crippen molar-refractivity contribution in [1.29, 1.82) is 0 Å². The summed E-state index contributed by atoms with van der Waals surface area (Å²) in [5, 5.41) is 13.9. The number of amides is 1. The number of ketones is 1. The van der Waals surface area contributed by atoms with Crippen molar-refractivity contribution in [3.63, 3.8) is 0 Å². The van der Waals surface area contributed by atoms with Crippen LogP contribution in [-0.4, -0.2) is 47.7 Å². The van der Waals surface area contributed by atoms with Crippen molar-refractivity contribution in [3.05, 3.63) is 58.7 Å². The van der Waals surface area contributed by atoms with Crippen LogP contribution in [0.4, 0.5) is 5.69 Å². The van der Waals surface area contributed by atoms with Gasteiger partial charge in [-0.1, -0.05) is 67.0 Å². The number of nitrogens with zero attached hydrogens (tertiary/aromatic N) is 2. The van der Waals surface area contributed by atoms with E-state index in [-0.39, 0.29) is 40.7 Å². The van der Waals surface area contributed by atoms with E-state index in [2.05, 4.69) is 70.8 Å². The fraction of sp³-hybridized carbons (Fsp3) is 0.545. The topological polar surface area (TPSA) is 82.0 Å². The van der Waals surface area contributed by atoms with Gasteiger partial charge in [0.25, 0.3) is 0 Å². The minimum absolute atomic E-state index is 0.0442. The second kappa shape index (κ2) is 11.9. The highest BCUT2D eigenvalue weighted by molar-refractivity contribution is 6.01. The van der Waals surface area contributed by atoms with E-state index in [9.17, 15) is 14.7 Å². The van der Waals surface area contributed by atoms with Gasteiger partial charge in [0.15, 0.2) is 5.78 Å². The van der Waals surface area contributed by atoms with E-state index in [0.717, 1.165) is 48.5 Å². The summed E-state index contributed by atoms with van der Waals surface area (Å²) in [6.07, 6.45) is 2.98. The number of hydrogen-bond acceptors (Lipinski definition) is 4. The van der Waals surface area contributed by atoms with Crippen LogP contribution < -0.4 is 5.32 Å². The first kappa shape index (κ1) is 30.4. The van der Waals surface area contributed by atoms with Crippen molar-refractivity contribution in [1.82, 2.24) is 4.90 Å². The summed E-state index contributed by atoms with van der Waals surface area (Å²) in [5.74, 6) is 1.87. The van der Waals surface area contributed by atoms with Gasteiger partial charge in [-0.05, 0) is 59.4 Å². The van der Waals surface area contributed by atoms with E-state index in [1.807, 2.05) is 31.3 Å².